The fraction of sp³-hybridized carbons (Fsp3) is 0.304. The Morgan fingerprint density at radius 2 is 1.46 bits per heavy atom. The average molecular weight is 379 g/mol. The lowest BCUT2D eigenvalue weighted by molar-refractivity contribution is -0.170. The molecule has 0 saturated carbocycles. The molecule has 28 heavy (non-hydrogen) atoms. The molecular weight excluding hydrogens is 354 g/mol. The van der Waals surface area contributed by atoms with Crippen LogP contribution >= 0.6 is 0 Å². The van der Waals surface area contributed by atoms with E-state index in [1.807, 2.05) is 54.6 Å². The minimum absolute atomic E-state index is 0.179. The van der Waals surface area contributed by atoms with Gasteiger partial charge in [0, 0.05) is 23.0 Å². The molecule has 0 aliphatic rings. The molecule has 1 N–H and O–H groups in total. The third-order valence-electron chi connectivity index (χ3n) is 4.86. The van der Waals surface area contributed by atoms with Gasteiger partial charge in [-0.25, -0.2) is 0 Å². The molecule has 3 aromatic rings. The molecule has 0 spiro atoms. The molecule has 0 bridgehead atoms. The molecule has 0 saturated heterocycles. The van der Waals surface area contributed by atoms with Crippen LogP contribution in [0.25, 0.3) is 22.2 Å². The summed E-state index contributed by atoms with van der Waals surface area (Å²) in [5.41, 5.74) is 2.29. The predicted octanol–water partition coefficient (Wildman–Crippen LogP) is 4.51. The van der Waals surface area contributed by atoms with Crippen molar-refractivity contribution in [2.75, 3.05) is 13.2 Å². The largest absolute Gasteiger partial charge is 0.465 e. The minimum Gasteiger partial charge on any atom is -0.465 e. The monoisotopic (exact) mass is 379 g/mol. The van der Waals surface area contributed by atoms with Gasteiger partial charge in [-0.1, -0.05) is 48.5 Å². The Bertz CT molecular complexity index is 957. The number of carbonyl (C=O) groups is 2. The normalized spacial score (nSPS) is 11.4. The molecule has 5 heteroatoms. The van der Waals surface area contributed by atoms with E-state index in [9.17, 15) is 9.59 Å². The summed E-state index contributed by atoms with van der Waals surface area (Å²) in [4.78, 5) is 29.0. The fourth-order valence-electron chi connectivity index (χ4n) is 3.40. The zero-order valence-electron chi connectivity index (χ0n) is 16.5. The van der Waals surface area contributed by atoms with Crippen molar-refractivity contribution in [3.8, 4) is 11.3 Å². The van der Waals surface area contributed by atoms with E-state index in [4.69, 9.17) is 9.47 Å². The van der Waals surface area contributed by atoms with Crippen molar-refractivity contribution in [1.82, 2.24) is 4.98 Å². The number of para-hydroxylation sites is 1. The first-order chi connectivity index (χ1) is 13.5. The maximum absolute atomic E-state index is 12.8. The lowest BCUT2D eigenvalue weighted by atomic mass is 9.82. The van der Waals surface area contributed by atoms with Crippen LogP contribution in [-0.2, 0) is 25.5 Å². The summed E-state index contributed by atoms with van der Waals surface area (Å²) in [6.45, 7) is 5.45. The van der Waals surface area contributed by atoms with Gasteiger partial charge in [0.1, 0.15) is 0 Å². The Hall–Kier alpha value is -3.08. The number of aromatic amines is 1. The first-order valence-corrected chi connectivity index (χ1v) is 9.50. The second-order valence-electron chi connectivity index (χ2n) is 6.84. The highest BCUT2D eigenvalue weighted by Gasteiger charge is 2.45. The number of hydrogen-bond acceptors (Lipinski definition) is 4. The Balaban J connectivity index is 2.15. The van der Waals surface area contributed by atoms with Crippen molar-refractivity contribution in [3.63, 3.8) is 0 Å². The molecular formula is C23H25NO4. The summed E-state index contributed by atoms with van der Waals surface area (Å²) in [5, 5.41) is 0.973. The van der Waals surface area contributed by atoms with E-state index in [2.05, 4.69) is 4.98 Å². The summed E-state index contributed by atoms with van der Waals surface area (Å²) in [6.07, 6.45) is 0.179. The highest BCUT2D eigenvalue weighted by molar-refractivity contribution is 6.01. The Kier molecular flexibility index (Phi) is 5.83. The number of ether oxygens (including phenoxy) is 2. The van der Waals surface area contributed by atoms with Crippen molar-refractivity contribution in [2.45, 2.75) is 27.2 Å². The summed E-state index contributed by atoms with van der Waals surface area (Å²) in [6, 6.07) is 17.7. The first kappa shape index (κ1) is 19.7. The van der Waals surface area contributed by atoms with E-state index in [1.165, 1.54) is 0 Å². The summed E-state index contributed by atoms with van der Waals surface area (Å²) in [5.74, 6) is -1.14. The van der Waals surface area contributed by atoms with Gasteiger partial charge in [0.15, 0.2) is 5.41 Å². The Morgan fingerprint density at radius 1 is 0.893 bits per heavy atom. The van der Waals surface area contributed by atoms with Crippen molar-refractivity contribution in [2.24, 2.45) is 5.41 Å². The van der Waals surface area contributed by atoms with Gasteiger partial charge in [-0.2, -0.15) is 0 Å². The summed E-state index contributed by atoms with van der Waals surface area (Å²) < 4.78 is 10.5. The van der Waals surface area contributed by atoms with Crippen LogP contribution in [0, 0.1) is 5.41 Å². The molecule has 0 aliphatic carbocycles. The zero-order chi connectivity index (χ0) is 20.1. The SMILES string of the molecule is CCOC(=O)C(C)(Cc1c(-c2ccccc2)[nH]c2ccccc12)C(=O)OCC. The smallest absolute Gasteiger partial charge is 0.323 e. The average Bonchev–Trinajstić information content (AvgIpc) is 3.07. The van der Waals surface area contributed by atoms with Crippen molar-refractivity contribution in [3.05, 3.63) is 60.2 Å². The van der Waals surface area contributed by atoms with Gasteiger partial charge >= 0.3 is 11.9 Å². The van der Waals surface area contributed by atoms with E-state index >= 15 is 0 Å². The number of H-pyrrole nitrogens is 1. The standard InChI is InChI=1S/C23H25NO4/c1-4-27-21(25)23(3,22(26)28-5-2)15-18-17-13-9-10-14-19(17)24-20(18)16-11-7-6-8-12-16/h6-14,24H,4-5,15H2,1-3H3. The molecule has 0 radical (unpaired) electrons. The number of fused-ring (bicyclic) bond motifs is 1. The van der Waals surface area contributed by atoms with E-state index in [0.29, 0.717) is 0 Å². The zero-order valence-corrected chi connectivity index (χ0v) is 16.5. The quantitative estimate of drug-likeness (QED) is 0.484. The lowest BCUT2D eigenvalue weighted by Crippen LogP contribution is -2.41. The predicted molar refractivity (Wildman–Crippen MR) is 109 cm³/mol. The van der Waals surface area contributed by atoms with E-state index in [0.717, 1.165) is 27.7 Å². The van der Waals surface area contributed by atoms with E-state index < -0.39 is 17.4 Å². The number of aromatic nitrogens is 1. The first-order valence-electron chi connectivity index (χ1n) is 9.50. The molecule has 5 nitrogen and oxygen atoms in total. The third kappa shape index (κ3) is 3.65. The maximum Gasteiger partial charge on any atom is 0.323 e. The van der Waals surface area contributed by atoms with Gasteiger partial charge in [0.05, 0.1) is 13.2 Å². The highest BCUT2D eigenvalue weighted by atomic mass is 16.6. The number of rotatable bonds is 7. The van der Waals surface area contributed by atoms with Gasteiger partial charge in [0.2, 0.25) is 0 Å². The van der Waals surface area contributed by atoms with Crippen LogP contribution in [0.1, 0.15) is 26.3 Å². The van der Waals surface area contributed by atoms with Gasteiger partial charge in [-0.05, 0) is 38.0 Å². The molecule has 1 heterocycles. The number of nitrogens with one attached hydrogen (secondary N) is 1. The highest BCUT2D eigenvalue weighted by Crippen LogP contribution is 2.36. The molecule has 0 fully saturated rings. The Labute approximate surface area is 164 Å². The topological polar surface area (TPSA) is 68.4 Å². The third-order valence-corrected chi connectivity index (χ3v) is 4.86. The van der Waals surface area contributed by atoms with Crippen LogP contribution in [0.4, 0.5) is 0 Å². The number of hydrogen-bond donors (Lipinski definition) is 1. The van der Waals surface area contributed by atoms with Gasteiger partial charge in [-0.3, -0.25) is 9.59 Å². The molecule has 0 aliphatic heterocycles. The van der Waals surface area contributed by atoms with E-state index in [1.54, 1.807) is 20.8 Å². The lowest BCUT2D eigenvalue weighted by Gasteiger charge is -2.25. The second kappa shape index (κ2) is 8.30. The molecule has 3 rings (SSSR count). The van der Waals surface area contributed by atoms with Crippen LogP contribution < -0.4 is 0 Å². The summed E-state index contributed by atoms with van der Waals surface area (Å²) >= 11 is 0. The number of carbonyl (C=O) groups excluding carboxylic acids is 2. The molecule has 146 valence electrons. The molecule has 0 unspecified atom stereocenters. The van der Waals surface area contributed by atoms with Crippen molar-refractivity contribution >= 4 is 22.8 Å². The molecule has 2 aromatic carbocycles. The van der Waals surface area contributed by atoms with Gasteiger partial charge < -0.3 is 14.5 Å². The van der Waals surface area contributed by atoms with Crippen LogP contribution in [0.5, 0.6) is 0 Å². The van der Waals surface area contributed by atoms with Gasteiger partial charge in [-0.15, -0.1) is 0 Å². The molecule has 0 amide bonds. The van der Waals surface area contributed by atoms with E-state index in [-0.39, 0.29) is 19.6 Å². The van der Waals surface area contributed by atoms with Crippen LogP contribution in [0.2, 0.25) is 0 Å². The number of esters is 2. The summed E-state index contributed by atoms with van der Waals surface area (Å²) in [7, 11) is 0. The van der Waals surface area contributed by atoms with Crippen LogP contribution in [0.15, 0.2) is 54.6 Å². The van der Waals surface area contributed by atoms with Crippen molar-refractivity contribution in [1.29, 1.82) is 0 Å². The van der Waals surface area contributed by atoms with Crippen LogP contribution in [-0.4, -0.2) is 30.1 Å². The molecule has 0 atom stereocenters. The number of benzene rings is 2. The minimum atomic E-state index is -1.43. The van der Waals surface area contributed by atoms with Crippen LogP contribution in [0.3, 0.4) is 0 Å². The second-order valence-corrected chi connectivity index (χ2v) is 6.84. The maximum atomic E-state index is 12.8. The fourth-order valence-corrected chi connectivity index (χ4v) is 3.40. The molecule has 1 aromatic heterocycles. The van der Waals surface area contributed by atoms with Crippen molar-refractivity contribution < 1.29 is 19.1 Å². The van der Waals surface area contributed by atoms with Gasteiger partial charge in [0.25, 0.3) is 0 Å². The Morgan fingerprint density at radius 3 is 2.07 bits per heavy atom.